The highest BCUT2D eigenvalue weighted by Crippen LogP contribution is 2.30. The van der Waals surface area contributed by atoms with E-state index < -0.39 is 0 Å². The Morgan fingerprint density at radius 2 is 2.15 bits per heavy atom. The van der Waals surface area contributed by atoms with E-state index in [1.807, 2.05) is 46.3 Å². The topological polar surface area (TPSA) is 38.1 Å². The fourth-order valence-electron chi connectivity index (χ4n) is 2.06. The third kappa shape index (κ3) is 3.04. The maximum atomic E-state index is 12.5. The largest absolute Gasteiger partial charge is 0.338 e. The summed E-state index contributed by atoms with van der Waals surface area (Å²) in [7, 11) is 3.69. The average molecular weight is 312 g/mol. The summed E-state index contributed by atoms with van der Waals surface area (Å²) in [5.41, 5.74) is 1.03. The second kappa shape index (κ2) is 5.97. The van der Waals surface area contributed by atoms with Crippen LogP contribution in [0.25, 0.3) is 0 Å². The van der Waals surface area contributed by atoms with Crippen molar-refractivity contribution in [3.05, 3.63) is 39.3 Å². The first-order valence-corrected chi connectivity index (χ1v) is 7.60. The molecule has 6 heteroatoms. The molecule has 2 aromatic heterocycles. The van der Waals surface area contributed by atoms with Crippen LogP contribution in [0, 0.1) is 0 Å². The van der Waals surface area contributed by atoms with Crippen molar-refractivity contribution in [2.24, 2.45) is 7.05 Å². The standard InChI is InChI=1S/C14H18ClN3OS/c1-9(12-5-6-13(15)20-12)14(19)18(4)10(2)11-7-16-17(3)8-11/h5-10H,1-4H3/t9-,10-/m1/s1. The van der Waals surface area contributed by atoms with Crippen molar-refractivity contribution < 1.29 is 4.79 Å². The van der Waals surface area contributed by atoms with Gasteiger partial charge in [-0.05, 0) is 26.0 Å². The summed E-state index contributed by atoms with van der Waals surface area (Å²) in [6.07, 6.45) is 3.72. The van der Waals surface area contributed by atoms with Gasteiger partial charge in [0.15, 0.2) is 0 Å². The molecule has 1 amide bonds. The lowest BCUT2D eigenvalue weighted by Gasteiger charge is -2.26. The molecule has 0 aliphatic rings. The number of carbonyl (C=O) groups is 1. The molecule has 20 heavy (non-hydrogen) atoms. The molecule has 2 atom stereocenters. The van der Waals surface area contributed by atoms with Crippen LogP contribution >= 0.6 is 22.9 Å². The highest BCUT2D eigenvalue weighted by atomic mass is 35.5. The second-order valence-corrected chi connectivity index (χ2v) is 6.68. The zero-order valence-electron chi connectivity index (χ0n) is 12.0. The maximum absolute atomic E-state index is 12.5. The second-order valence-electron chi connectivity index (χ2n) is 4.94. The van der Waals surface area contributed by atoms with Gasteiger partial charge in [-0.3, -0.25) is 9.48 Å². The van der Waals surface area contributed by atoms with Crippen molar-refractivity contribution in [2.75, 3.05) is 7.05 Å². The number of hydrogen-bond acceptors (Lipinski definition) is 3. The van der Waals surface area contributed by atoms with Crippen molar-refractivity contribution in [3.8, 4) is 0 Å². The van der Waals surface area contributed by atoms with Crippen LogP contribution in [-0.2, 0) is 11.8 Å². The Kier molecular flexibility index (Phi) is 4.50. The van der Waals surface area contributed by atoms with Crippen molar-refractivity contribution in [1.29, 1.82) is 0 Å². The predicted molar refractivity (Wildman–Crippen MR) is 82.1 cm³/mol. The number of thiophene rings is 1. The number of aromatic nitrogens is 2. The molecule has 0 saturated carbocycles. The van der Waals surface area contributed by atoms with Gasteiger partial charge in [0.25, 0.3) is 0 Å². The van der Waals surface area contributed by atoms with E-state index in [-0.39, 0.29) is 17.9 Å². The van der Waals surface area contributed by atoms with Crippen LogP contribution in [-0.4, -0.2) is 27.6 Å². The van der Waals surface area contributed by atoms with Crippen LogP contribution in [0.2, 0.25) is 4.34 Å². The van der Waals surface area contributed by atoms with Crippen LogP contribution in [0.5, 0.6) is 0 Å². The summed E-state index contributed by atoms with van der Waals surface area (Å²) in [5.74, 6) is -0.100. The van der Waals surface area contributed by atoms with Gasteiger partial charge in [-0.1, -0.05) is 11.6 Å². The van der Waals surface area contributed by atoms with Gasteiger partial charge >= 0.3 is 0 Å². The predicted octanol–water partition coefficient (Wildman–Crippen LogP) is 3.46. The molecule has 0 unspecified atom stereocenters. The van der Waals surface area contributed by atoms with Crippen LogP contribution in [0.4, 0.5) is 0 Å². The van der Waals surface area contributed by atoms with Gasteiger partial charge in [-0.15, -0.1) is 11.3 Å². The summed E-state index contributed by atoms with van der Waals surface area (Å²) in [5, 5.41) is 4.15. The number of amides is 1. The summed E-state index contributed by atoms with van der Waals surface area (Å²) < 4.78 is 2.45. The minimum atomic E-state index is -0.184. The number of hydrogen-bond donors (Lipinski definition) is 0. The molecule has 0 fully saturated rings. The maximum Gasteiger partial charge on any atom is 0.230 e. The lowest BCUT2D eigenvalue weighted by atomic mass is 10.1. The van der Waals surface area contributed by atoms with Gasteiger partial charge < -0.3 is 4.90 Å². The Balaban J connectivity index is 2.12. The molecule has 2 heterocycles. The summed E-state index contributed by atoms with van der Waals surface area (Å²) in [6.45, 7) is 3.92. The minimum Gasteiger partial charge on any atom is -0.338 e. The molecule has 0 spiro atoms. The van der Waals surface area contributed by atoms with Crippen LogP contribution in [0.15, 0.2) is 24.5 Å². The van der Waals surface area contributed by atoms with Gasteiger partial charge in [0.05, 0.1) is 22.5 Å². The van der Waals surface area contributed by atoms with Gasteiger partial charge in [-0.2, -0.15) is 5.10 Å². The van der Waals surface area contributed by atoms with Gasteiger partial charge in [0, 0.05) is 30.7 Å². The van der Waals surface area contributed by atoms with Crippen LogP contribution in [0.1, 0.15) is 36.2 Å². The summed E-state index contributed by atoms with van der Waals surface area (Å²) in [6, 6.07) is 3.74. The van der Waals surface area contributed by atoms with E-state index in [2.05, 4.69) is 5.10 Å². The molecule has 108 valence electrons. The molecule has 4 nitrogen and oxygen atoms in total. The molecular weight excluding hydrogens is 294 g/mol. The van der Waals surface area contributed by atoms with Crippen LogP contribution in [0.3, 0.4) is 0 Å². The molecule has 2 aromatic rings. The molecule has 0 saturated heterocycles. The van der Waals surface area contributed by atoms with Gasteiger partial charge in [-0.25, -0.2) is 0 Å². The summed E-state index contributed by atoms with van der Waals surface area (Å²) >= 11 is 7.39. The molecule has 0 aromatic carbocycles. The van der Waals surface area contributed by atoms with E-state index in [9.17, 15) is 4.79 Å². The Bertz CT molecular complexity index is 607. The smallest absolute Gasteiger partial charge is 0.230 e. The zero-order valence-corrected chi connectivity index (χ0v) is 13.6. The number of halogens is 1. The van der Waals surface area contributed by atoms with Gasteiger partial charge in [0.2, 0.25) is 5.91 Å². The monoisotopic (exact) mass is 311 g/mol. The fraction of sp³-hybridized carbons (Fsp3) is 0.429. The van der Waals surface area contributed by atoms with Crippen molar-refractivity contribution in [2.45, 2.75) is 25.8 Å². The first-order valence-electron chi connectivity index (χ1n) is 6.40. The SMILES string of the molecule is C[C@H](c1cnn(C)c1)N(C)C(=O)[C@H](C)c1ccc(Cl)s1. The van der Waals surface area contributed by atoms with E-state index in [4.69, 9.17) is 11.6 Å². The number of likely N-dealkylation sites (N-methyl/N-ethyl adjacent to an activating group) is 1. The minimum absolute atomic E-state index is 0.00548. The Morgan fingerprint density at radius 1 is 1.45 bits per heavy atom. The van der Waals surface area contributed by atoms with Gasteiger partial charge in [0.1, 0.15) is 0 Å². The van der Waals surface area contributed by atoms with Crippen LogP contribution < -0.4 is 0 Å². The lowest BCUT2D eigenvalue weighted by molar-refractivity contribution is -0.133. The van der Waals surface area contributed by atoms with E-state index >= 15 is 0 Å². The third-order valence-corrected chi connectivity index (χ3v) is 4.94. The lowest BCUT2D eigenvalue weighted by Crippen LogP contribution is -2.32. The van der Waals surface area contributed by atoms with E-state index in [0.29, 0.717) is 4.34 Å². The molecular formula is C14H18ClN3OS. The number of nitrogens with zero attached hydrogens (tertiary/aromatic N) is 3. The highest BCUT2D eigenvalue weighted by Gasteiger charge is 2.25. The number of aryl methyl sites for hydroxylation is 1. The van der Waals surface area contributed by atoms with Crippen molar-refractivity contribution in [3.63, 3.8) is 0 Å². The van der Waals surface area contributed by atoms with Crippen molar-refractivity contribution >= 4 is 28.8 Å². The Hall–Kier alpha value is -1.33. The average Bonchev–Trinajstić information content (AvgIpc) is 3.04. The zero-order chi connectivity index (χ0) is 14.9. The number of carbonyl (C=O) groups excluding carboxylic acids is 1. The normalized spacial score (nSPS) is 14.1. The Labute approximate surface area is 128 Å². The Morgan fingerprint density at radius 3 is 2.65 bits per heavy atom. The first kappa shape index (κ1) is 15.1. The molecule has 0 radical (unpaired) electrons. The van der Waals surface area contributed by atoms with E-state index in [1.165, 1.54) is 11.3 Å². The highest BCUT2D eigenvalue weighted by molar-refractivity contribution is 7.16. The summed E-state index contributed by atoms with van der Waals surface area (Å²) in [4.78, 5) is 15.3. The molecule has 0 N–H and O–H groups in total. The fourth-order valence-corrected chi connectivity index (χ4v) is 3.16. The first-order chi connectivity index (χ1) is 9.40. The third-order valence-electron chi connectivity index (χ3n) is 3.53. The number of rotatable bonds is 4. The molecule has 0 bridgehead atoms. The molecule has 0 aliphatic heterocycles. The van der Waals surface area contributed by atoms with E-state index in [0.717, 1.165) is 10.4 Å². The van der Waals surface area contributed by atoms with Crippen molar-refractivity contribution in [1.82, 2.24) is 14.7 Å². The molecule has 2 rings (SSSR count). The molecule has 0 aliphatic carbocycles. The van der Waals surface area contributed by atoms with E-state index in [1.54, 1.807) is 15.8 Å². The quantitative estimate of drug-likeness (QED) is 0.867.